The molecule has 1 aliphatic rings. The SMILES string of the molecule is Cn1cc(-c2cc3cccnc3[nH]2)c2cc3c(cc21)OCO3. The van der Waals surface area contributed by atoms with Crippen LogP contribution in [0.2, 0.25) is 0 Å². The molecule has 5 rings (SSSR count). The number of pyridine rings is 1. The summed E-state index contributed by atoms with van der Waals surface area (Å²) in [6.07, 6.45) is 3.91. The summed E-state index contributed by atoms with van der Waals surface area (Å²) in [5, 5.41) is 2.24. The minimum atomic E-state index is 0.289. The number of nitrogens with zero attached hydrogens (tertiary/aromatic N) is 2. The molecule has 1 aliphatic heterocycles. The Morgan fingerprint density at radius 3 is 2.91 bits per heavy atom. The maximum absolute atomic E-state index is 5.51. The van der Waals surface area contributed by atoms with Crippen molar-refractivity contribution in [2.75, 3.05) is 6.79 Å². The molecule has 0 spiro atoms. The normalized spacial score (nSPS) is 13.3. The van der Waals surface area contributed by atoms with Gasteiger partial charge in [-0.25, -0.2) is 4.98 Å². The van der Waals surface area contributed by atoms with Crippen LogP contribution < -0.4 is 9.47 Å². The van der Waals surface area contributed by atoms with E-state index in [9.17, 15) is 0 Å². The van der Waals surface area contributed by atoms with Gasteiger partial charge in [-0.2, -0.15) is 0 Å². The van der Waals surface area contributed by atoms with Gasteiger partial charge in [0, 0.05) is 47.5 Å². The highest BCUT2D eigenvalue weighted by atomic mass is 16.7. The lowest BCUT2D eigenvalue weighted by Gasteiger charge is -2.00. The minimum Gasteiger partial charge on any atom is -0.454 e. The summed E-state index contributed by atoms with van der Waals surface area (Å²) >= 11 is 0. The molecule has 0 aliphatic carbocycles. The summed E-state index contributed by atoms with van der Waals surface area (Å²) < 4.78 is 13.1. The molecule has 1 aromatic carbocycles. The number of aromatic amines is 1. The van der Waals surface area contributed by atoms with Crippen molar-refractivity contribution in [1.29, 1.82) is 0 Å². The quantitative estimate of drug-likeness (QED) is 0.584. The van der Waals surface area contributed by atoms with Gasteiger partial charge in [0.15, 0.2) is 11.5 Å². The molecule has 0 unspecified atom stereocenters. The van der Waals surface area contributed by atoms with Gasteiger partial charge in [0.2, 0.25) is 6.79 Å². The van der Waals surface area contributed by atoms with Gasteiger partial charge in [-0.15, -0.1) is 0 Å². The number of aromatic nitrogens is 3. The molecule has 4 heterocycles. The van der Waals surface area contributed by atoms with Crippen LogP contribution in [0.4, 0.5) is 0 Å². The Balaban J connectivity index is 1.80. The van der Waals surface area contributed by atoms with Gasteiger partial charge in [0.05, 0.1) is 5.52 Å². The molecule has 1 N–H and O–H groups in total. The van der Waals surface area contributed by atoms with Crippen molar-refractivity contribution in [3.05, 3.63) is 42.7 Å². The molecule has 3 aromatic heterocycles. The van der Waals surface area contributed by atoms with Crippen LogP contribution in [0.15, 0.2) is 42.7 Å². The molecule has 4 aromatic rings. The number of H-pyrrole nitrogens is 1. The van der Waals surface area contributed by atoms with Crippen LogP contribution in [0.1, 0.15) is 0 Å². The number of aryl methyl sites for hydroxylation is 1. The zero-order chi connectivity index (χ0) is 14.7. The lowest BCUT2D eigenvalue weighted by molar-refractivity contribution is 0.174. The van der Waals surface area contributed by atoms with Crippen molar-refractivity contribution in [2.45, 2.75) is 0 Å². The maximum atomic E-state index is 5.51. The van der Waals surface area contributed by atoms with E-state index in [2.05, 4.69) is 32.9 Å². The highest BCUT2D eigenvalue weighted by Crippen LogP contribution is 2.40. The van der Waals surface area contributed by atoms with Gasteiger partial charge in [0.25, 0.3) is 0 Å². The third kappa shape index (κ3) is 1.50. The van der Waals surface area contributed by atoms with E-state index >= 15 is 0 Å². The maximum Gasteiger partial charge on any atom is 0.231 e. The van der Waals surface area contributed by atoms with Crippen LogP contribution in [-0.2, 0) is 7.05 Å². The van der Waals surface area contributed by atoms with E-state index in [1.165, 1.54) is 0 Å². The largest absolute Gasteiger partial charge is 0.454 e. The van der Waals surface area contributed by atoms with Crippen LogP contribution in [0, 0.1) is 0 Å². The Labute approximate surface area is 126 Å². The number of fused-ring (bicyclic) bond motifs is 3. The second-order valence-electron chi connectivity index (χ2n) is 5.50. The molecular formula is C17H13N3O2. The second kappa shape index (κ2) is 4.04. The van der Waals surface area contributed by atoms with Crippen LogP contribution >= 0.6 is 0 Å². The van der Waals surface area contributed by atoms with Crippen molar-refractivity contribution < 1.29 is 9.47 Å². The predicted molar refractivity (Wildman–Crippen MR) is 84.1 cm³/mol. The fourth-order valence-corrected chi connectivity index (χ4v) is 3.09. The molecule has 0 amide bonds. The van der Waals surface area contributed by atoms with Crippen LogP contribution in [0.25, 0.3) is 33.2 Å². The summed E-state index contributed by atoms with van der Waals surface area (Å²) in [5.41, 5.74) is 4.20. The van der Waals surface area contributed by atoms with E-state index in [4.69, 9.17) is 9.47 Å². The Morgan fingerprint density at radius 2 is 2.05 bits per heavy atom. The lowest BCUT2D eigenvalue weighted by atomic mass is 10.1. The number of hydrogen-bond donors (Lipinski definition) is 1. The number of benzene rings is 1. The standard InChI is InChI=1S/C17H13N3O2/c1-20-8-12(13-5-10-3-2-4-18-17(10)19-13)11-6-15-16(7-14(11)20)22-9-21-15/h2-8H,9H2,1H3,(H,18,19). The highest BCUT2D eigenvalue weighted by Gasteiger charge is 2.19. The molecule has 5 heteroatoms. The fraction of sp³-hybridized carbons (Fsp3) is 0.118. The highest BCUT2D eigenvalue weighted by molar-refractivity contribution is 5.99. The van der Waals surface area contributed by atoms with Gasteiger partial charge in [-0.1, -0.05) is 0 Å². The van der Waals surface area contributed by atoms with E-state index in [0.717, 1.165) is 44.7 Å². The first-order valence-electron chi connectivity index (χ1n) is 7.12. The number of ether oxygens (including phenoxy) is 2. The van der Waals surface area contributed by atoms with Crippen LogP contribution in [0.3, 0.4) is 0 Å². The molecule has 0 saturated carbocycles. The lowest BCUT2D eigenvalue weighted by Crippen LogP contribution is -1.93. The fourth-order valence-electron chi connectivity index (χ4n) is 3.09. The average Bonchev–Trinajstić information content (AvgIpc) is 3.22. The van der Waals surface area contributed by atoms with E-state index in [1.54, 1.807) is 6.20 Å². The third-order valence-electron chi connectivity index (χ3n) is 4.17. The number of hydrogen-bond acceptors (Lipinski definition) is 3. The zero-order valence-electron chi connectivity index (χ0n) is 12.0. The number of rotatable bonds is 1. The monoisotopic (exact) mass is 291 g/mol. The molecule has 0 atom stereocenters. The van der Waals surface area contributed by atoms with Crippen LogP contribution in [0.5, 0.6) is 11.5 Å². The summed E-state index contributed by atoms with van der Waals surface area (Å²) in [4.78, 5) is 7.75. The Morgan fingerprint density at radius 1 is 1.18 bits per heavy atom. The summed E-state index contributed by atoms with van der Waals surface area (Å²) in [7, 11) is 2.04. The Bertz CT molecular complexity index is 996. The molecule has 108 valence electrons. The van der Waals surface area contributed by atoms with E-state index in [0.29, 0.717) is 0 Å². The molecule has 0 bridgehead atoms. The van der Waals surface area contributed by atoms with Gasteiger partial charge in [-0.3, -0.25) is 0 Å². The van der Waals surface area contributed by atoms with E-state index in [1.807, 2.05) is 25.2 Å². The Hall–Kier alpha value is -2.95. The molecular weight excluding hydrogens is 278 g/mol. The summed E-state index contributed by atoms with van der Waals surface area (Å²) in [6.45, 7) is 0.289. The molecule has 22 heavy (non-hydrogen) atoms. The van der Waals surface area contributed by atoms with Crippen molar-refractivity contribution in [1.82, 2.24) is 14.5 Å². The van der Waals surface area contributed by atoms with Gasteiger partial charge in [0.1, 0.15) is 5.65 Å². The van der Waals surface area contributed by atoms with Crippen molar-refractivity contribution in [3.63, 3.8) is 0 Å². The molecule has 0 radical (unpaired) electrons. The topological polar surface area (TPSA) is 52.1 Å². The zero-order valence-corrected chi connectivity index (χ0v) is 12.0. The van der Waals surface area contributed by atoms with E-state index < -0.39 is 0 Å². The minimum absolute atomic E-state index is 0.289. The van der Waals surface area contributed by atoms with Crippen molar-refractivity contribution >= 4 is 21.9 Å². The Kier molecular flexibility index (Phi) is 2.14. The first kappa shape index (κ1) is 11.7. The first-order chi connectivity index (χ1) is 10.8. The number of nitrogens with one attached hydrogen (secondary N) is 1. The molecule has 0 fully saturated rings. The van der Waals surface area contributed by atoms with Gasteiger partial charge in [-0.05, 0) is 24.3 Å². The average molecular weight is 291 g/mol. The molecule has 5 nitrogen and oxygen atoms in total. The smallest absolute Gasteiger partial charge is 0.231 e. The van der Waals surface area contributed by atoms with E-state index in [-0.39, 0.29) is 6.79 Å². The second-order valence-corrected chi connectivity index (χ2v) is 5.50. The van der Waals surface area contributed by atoms with Gasteiger partial charge < -0.3 is 19.0 Å². The predicted octanol–water partition coefficient (Wildman–Crippen LogP) is 3.45. The molecule has 0 saturated heterocycles. The van der Waals surface area contributed by atoms with Gasteiger partial charge >= 0.3 is 0 Å². The third-order valence-corrected chi connectivity index (χ3v) is 4.17. The van der Waals surface area contributed by atoms with Crippen molar-refractivity contribution in [2.24, 2.45) is 7.05 Å². The summed E-state index contributed by atoms with van der Waals surface area (Å²) in [6, 6.07) is 10.2. The van der Waals surface area contributed by atoms with Crippen molar-refractivity contribution in [3.8, 4) is 22.8 Å². The first-order valence-corrected chi connectivity index (χ1v) is 7.12. The summed E-state index contributed by atoms with van der Waals surface area (Å²) in [5.74, 6) is 1.60. The van der Waals surface area contributed by atoms with Crippen LogP contribution in [-0.4, -0.2) is 21.3 Å².